The average molecular weight is 379 g/mol. The molecule has 0 atom stereocenters. The molecule has 5 aromatic rings. The van der Waals surface area contributed by atoms with E-state index in [1.54, 1.807) is 24.4 Å². The molecule has 5 nitrogen and oxygen atoms in total. The molecule has 5 rings (SSSR count). The van der Waals surface area contributed by atoms with Crippen molar-refractivity contribution in [3.05, 3.63) is 95.8 Å². The Morgan fingerprint density at radius 2 is 1.66 bits per heavy atom. The Morgan fingerprint density at radius 3 is 2.45 bits per heavy atom. The number of Topliss-reactive ketones (excluding diaryl/α,β-unsaturated/α-hetero) is 1. The maximum Gasteiger partial charge on any atom is 0.209 e. The van der Waals surface area contributed by atoms with Crippen LogP contribution in [-0.2, 0) is 0 Å². The SMILES string of the molecule is NCC(=O)c1cc(C(=O)c2ccccc2)n2c1ccc1ccc3cccnc3c12. The minimum absolute atomic E-state index is 0.121. The molecule has 5 heteroatoms. The van der Waals surface area contributed by atoms with Crippen LogP contribution in [0.5, 0.6) is 0 Å². The highest BCUT2D eigenvalue weighted by Crippen LogP contribution is 2.30. The van der Waals surface area contributed by atoms with Gasteiger partial charge in [-0.05, 0) is 18.2 Å². The summed E-state index contributed by atoms with van der Waals surface area (Å²) >= 11 is 0. The first-order valence-electron chi connectivity index (χ1n) is 9.34. The monoisotopic (exact) mass is 379 g/mol. The second kappa shape index (κ2) is 6.65. The summed E-state index contributed by atoms with van der Waals surface area (Å²) in [6.45, 7) is -0.121. The Labute approximate surface area is 166 Å². The topological polar surface area (TPSA) is 77.5 Å². The molecule has 0 unspecified atom stereocenters. The molecule has 0 bridgehead atoms. The van der Waals surface area contributed by atoms with Crippen molar-refractivity contribution in [2.75, 3.05) is 6.54 Å². The zero-order valence-electron chi connectivity index (χ0n) is 15.5. The molecule has 0 fully saturated rings. The van der Waals surface area contributed by atoms with Crippen LogP contribution in [0.25, 0.3) is 27.3 Å². The highest BCUT2D eigenvalue weighted by molar-refractivity contribution is 6.15. The lowest BCUT2D eigenvalue weighted by molar-refractivity contribution is 0.100. The van der Waals surface area contributed by atoms with E-state index in [1.165, 1.54) is 0 Å². The average Bonchev–Trinajstić information content (AvgIpc) is 3.18. The van der Waals surface area contributed by atoms with Crippen molar-refractivity contribution in [2.45, 2.75) is 0 Å². The lowest BCUT2D eigenvalue weighted by Gasteiger charge is -2.10. The predicted molar refractivity (Wildman–Crippen MR) is 113 cm³/mol. The molecular formula is C24H17N3O2. The number of carbonyl (C=O) groups is 2. The minimum atomic E-state index is -0.206. The van der Waals surface area contributed by atoms with E-state index in [9.17, 15) is 9.59 Å². The first kappa shape index (κ1) is 17.3. The number of carbonyl (C=O) groups excluding carboxylic acids is 2. The molecule has 140 valence electrons. The Balaban J connectivity index is 1.95. The van der Waals surface area contributed by atoms with Crippen molar-refractivity contribution in [1.29, 1.82) is 0 Å². The van der Waals surface area contributed by atoms with Crippen LogP contribution in [0.2, 0.25) is 0 Å². The lowest BCUT2D eigenvalue weighted by Crippen LogP contribution is -2.13. The van der Waals surface area contributed by atoms with Crippen molar-refractivity contribution in [3.63, 3.8) is 0 Å². The first-order valence-corrected chi connectivity index (χ1v) is 9.34. The van der Waals surface area contributed by atoms with Gasteiger partial charge in [-0.1, -0.05) is 54.6 Å². The fourth-order valence-electron chi connectivity index (χ4n) is 3.85. The number of fused-ring (bicyclic) bond motifs is 5. The third kappa shape index (κ3) is 2.63. The fraction of sp³-hybridized carbons (Fsp3) is 0.0417. The van der Waals surface area contributed by atoms with E-state index in [1.807, 2.05) is 59.0 Å². The predicted octanol–water partition coefficient (Wildman–Crippen LogP) is 4.01. The molecular weight excluding hydrogens is 362 g/mol. The van der Waals surface area contributed by atoms with Crippen molar-refractivity contribution in [1.82, 2.24) is 9.38 Å². The normalized spacial score (nSPS) is 11.3. The molecule has 0 aliphatic rings. The van der Waals surface area contributed by atoms with E-state index in [2.05, 4.69) is 4.98 Å². The third-order valence-corrected chi connectivity index (χ3v) is 5.22. The quantitative estimate of drug-likeness (QED) is 0.378. The summed E-state index contributed by atoms with van der Waals surface area (Å²) in [5.74, 6) is -0.362. The molecule has 0 saturated heterocycles. The summed E-state index contributed by atoms with van der Waals surface area (Å²) in [6, 6.07) is 22.4. The van der Waals surface area contributed by atoms with Gasteiger partial charge in [-0.3, -0.25) is 14.6 Å². The Hall–Kier alpha value is -3.83. The number of aromatic nitrogens is 2. The number of hydrogen-bond acceptors (Lipinski definition) is 4. The van der Waals surface area contributed by atoms with Gasteiger partial charge in [-0.15, -0.1) is 0 Å². The number of nitrogens with zero attached hydrogens (tertiary/aromatic N) is 2. The van der Waals surface area contributed by atoms with E-state index < -0.39 is 0 Å². The van der Waals surface area contributed by atoms with Gasteiger partial charge in [0.05, 0.1) is 28.8 Å². The van der Waals surface area contributed by atoms with Crippen LogP contribution >= 0.6 is 0 Å². The summed E-state index contributed by atoms with van der Waals surface area (Å²) in [7, 11) is 0. The number of pyridine rings is 2. The van der Waals surface area contributed by atoms with Gasteiger partial charge < -0.3 is 10.1 Å². The molecule has 0 amide bonds. The first-order chi connectivity index (χ1) is 14.2. The van der Waals surface area contributed by atoms with E-state index in [0.29, 0.717) is 22.3 Å². The zero-order chi connectivity index (χ0) is 20.0. The van der Waals surface area contributed by atoms with Crippen LogP contribution in [-0.4, -0.2) is 27.5 Å². The second-order valence-corrected chi connectivity index (χ2v) is 6.90. The molecule has 3 heterocycles. The number of nitrogens with two attached hydrogens (primary N) is 1. The maximum atomic E-state index is 13.4. The molecule has 3 aromatic heterocycles. The number of benzene rings is 2. The van der Waals surface area contributed by atoms with E-state index in [4.69, 9.17) is 5.73 Å². The summed E-state index contributed by atoms with van der Waals surface area (Å²) in [5.41, 5.74) is 9.30. The molecule has 29 heavy (non-hydrogen) atoms. The van der Waals surface area contributed by atoms with Gasteiger partial charge >= 0.3 is 0 Å². The number of hydrogen-bond donors (Lipinski definition) is 1. The van der Waals surface area contributed by atoms with Gasteiger partial charge in [0, 0.05) is 28.1 Å². The molecule has 2 aromatic carbocycles. The number of rotatable bonds is 4. The van der Waals surface area contributed by atoms with Gasteiger partial charge in [0.15, 0.2) is 5.78 Å². The minimum Gasteiger partial charge on any atom is -0.324 e. The van der Waals surface area contributed by atoms with Gasteiger partial charge in [0.25, 0.3) is 0 Å². The van der Waals surface area contributed by atoms with Crippen LogP contribution in [0.3, 0.4) is 0 Å². The molecule has 0 aliphatic carbocycles. The van der Waals surface area contributed by atoms with E-state index in [0.717, 1.165) is 21.8 Å². The third-order valence-electron chi connectivity index (χ3n) is 5.22. The zero-order valence-corrected chi connectivity index (χ0v) is 15.5. The Morgan fingerprint density at radius 1 is 0.897 bits per heavy atom. The summed E-state index contributed by atoms with van der Waals surface area (Å²) in [5, 5.41) is 1.90. The van der Waals surface area contributed by atoms with Crippen LogP contribution in [0.15, 0.2) is 79.0 Å². The fourth-order valence-corrected chi connectivity index (χ4v) is 3.85. The highest BCUT2D eigenvalue weighted by atomic mass is 16.1. The maximum absolute atomic E-state index is 13.4. The molecule has 0 radical (unpaired) electrons. The largest absolute Gasteiger partial charge is 0.324 e. The van der Waals surface area contributed by atoms with Gasteiger partial charge in [-0.25, -0.2) is 0 Å². The van der Waals surface area contributed by atoms with Crippen molar-refractivity contribution in [2.24, 2.45) is 5.73 Å². The van der Waals surface area contributed by atoms with Gasteiger partial charge in [0.2, 0.25) is 5.78 Å². The van der Waals surface area contributed by atoms with Crippen molar-refractivity contribution in [3.8, 4) is 0 Å². The van der Waals surface area contributed by atoms with E-state index >= 15 is 0 Å². The summed E-state index contributed by atoms with van der Waals surface area (Å²) in [4.78, 5) is 30.5. The van der Waals surface area contributed by atoms with Crippen molar-refractivity contribution >= 4 is 38.9 Å². The van der Waals surface area contributed by atoms with Crippen LogP contribution in [0, 0.1) is 0 Å². The van der Waals surface area contributed by atoms with Crippen LogP contribution in [0.1, 0.15) is 26.4 Å². The van der Waals surface area contributed by atoms with Crippen LogP contribution < -0.4 is 5.73 Å². The molecule has 0 saturated carbocycles. The Bertz CT molecular complexity index is 1420. The van der Waals surface area contributed by atoms with E-state index in [-0.39, 0.29) is 18.1 Å². The molecule has 2 N–H and O–H groups in total. The highest BCUT2D eigenvalue weighted by Gasteiger charge is 2.22. The second-order valence-electron chi connectivity index (χ2n) is 6.90. The van der Waals surface area contributed by atoms with Gasteiger partial charge in [0.1, 0.15) is 0 Å². The molecule has 0 aliphatic heterocycles. The standard InChI is InChI=1S/C24H17N3O2/c25-14-21(28)18-13-20(24(29)17-5-2-1-3-6-17)27-19(18)11-10-16-9-8-15-7-4-12-26-22(15)23(16)27/h1-13H,14,25H2. The summed E-state index contributed by atoms with van der Waals surface area (Å²) in [6.07, 6.45) is 1.73. The molecule has 0 spiro atoms. The van der Waals surface area contributed by atoms with Gasteiger partial charge in [-0.2, -0.15) is 0 Å². The Kier molecular flexibility index (Phi) is 3.96. The van der Waals surface area contributed by atoms with Crippen LogP contribution in [0.4, 0.5) is 0 Å². The smallest absolute Gasteiger partial charge is 0.209 e. The summed E-state index contributed by atoms with van der Waals surface area (Å²) < 4.78 is 1.85. The number of ketones is 2. The van der Waals surface area contributed by atoms with Crippen molar-refractivity contribution < 1.29 is 9.59 Å². The lowest BCUT2D eigenvalue weighted by atomic mass is 10.1.